The van der Waals surface area contributed by atoms with E-state index in [0.29, 0.717) is 32.5 Å². The summed E-state index contributed by atoms with van der Waals surface area (Å²) in [5, 5.41) is 23.3. The maximum absolute atomic E-state index is 12.9. The van der Waals surface area contributed by atoms with Crippen molar-refractivity contribution in [3.63, 3.8) is 0 Å². The van der Waals surface area contributed by atoms with Crippen LogP contribution >= 0.6 is 22.6 Å². The highest BCUT2D eigenvalue weighted by molar-refractivity contribution is 14.1. The Kier molecular flexibility index (Phi) is 9.30. The number of aliphatic hydroxyl groups is 2. The van der Waals surface area contributed by atoms with Gasteiger partial charge in [-0.25, -0.2) is 0 Å². The second kappa shape index (κ2) is 12.7. The van der Waals surface area contributed by atoms with E-state index in [9.17, 15) is 19.5 Å². The fourth-order valence-corrected chi connectivity index (χ4v) is 5.29. The van der Waals surface area contributed by atoms with E-state index in [-0.39, 0.29) is 50.3 Å². The summed E-state index contributed by atoms with van der Waals surface area (Å²) in [4.78, 5) is 38.6. The molecule has 2 aliphatic rings. The summed E-state index contributed by atoms with van der Waals surface area (Å²) in [6.07, 6.45) is -0.00804. The minimum Gasteiger partial charge on any atom is -0.493 e. The number of ether oxygens (including phenoxy) is 4. The van der Waals surface area contributed by atoms with Crippen LogP contribution in [0.4, 0.5) is 0 Å². The lowest BCUT2D eigenvalue weighted by molar-refractivity contribution is -0.137. The van der Waals surface area contributed by atoms with Crippen molar-refractivity contribution < 1.29 is 43.5 Å². The largest absolute Gasteiger partial charge is 0.493 e. The third-order valence-electron chi connectivity index (χ3n) is 6.45. The first-order chi connectivity index (χ1) is 18.7. The predicted octanol–water partition coefficient (Wildman–Crippen LogP) is 1.81. The Bertz CT molecular complexity index is 1280. The van der Waals surface area contributed by atoms with E-state index in [1.807, 2.05) is 22.6 Å². The number of amides is 2. The van der Waals surface area contributed by atoms with E-state index >= 15 is 0 Å². The first kappa shape index (κ1) is 28.6. The molecule has 3 N–H and O–H groups in total. The van der Waals surface area contributed by atoms with Crippen molar-refractivity contribution in [1.82, 2.24) is 10.2 Å². The fraction of sp³-hybridized carbons (Fsp3) is 0.370. The van der Waals surface area contributed by atoms with E-state index in [4.69, 9.17) is 24.1 Å². The topological polar surface area (TPSA) is 144 Å². The number of nitrogens with one attached hydrogen (secondary N) is 1. The first-order valence-corrected chi connectivity index (χ1v) is 13.3. The number of aldehydes is 1. The van der Waals surface area contributed by atoms with Gasteiger partial charge in [-0.15, -0.1) is 0 Å². The molecule has 2 aromatic carbocycles. The minimum absolute atomic E-state index is 0.0431. The van der Waals surface area contributed by atoms with Crippen molar-refractivity contribution in [2.24, 2.45) is 0 Å². The first-order valence-electron chi connectivity index (χ1n) is 12.2. The number of benzene rings is 2. The van der Waals surface area contributed by atoms with Crippen LogP contribution in [0.25, 0.3) is 0 Å². The van der Waals surface area contributed by atoms with Gasteiger partial charge in [0.1, 0.15) is 18.5 Å². The molecule has 3 unspecified atom stereocenters. The number of nitrogens with zero attached hydrogens (tertiary/aromatic N) is 1. The summed E-state index contributed by atoms with van der Waals surface area (Å²) in [6, 6.07) is 7.63. The van der Waals surface area contributed by atoms with Gasteiger partial charge in [0, 0.05) is 37.6 Å². The number of carbonyl (C=O) groups excluding carboxylic acids is 3. The molecular formula is C27H29IN2O9. The second-order valence-electron chi connectivity index (χ2n) is 9.00. The Morgan fingerprint density at radius 1 is 1.23 bits per heavy atom. The van der Waals surface area contributed by atoms with Crippen LogP contribution < -0.4 is 24.3 Å². The number of halogens is 1. The molecule has 1 aliphatic carbocycles. The number of fused-ring (bicyclic) bond motifs is 1. The van der Waals surface area contributed by atoms with Gasteiger partial charge in [-0.05, 0) is 58.5 Å². The number of hydrogen-bond acceptors (Lipinski definition) is 9. The normalized spacial score (nSPS) is 19.6. The summed E-state index contributed by atoms with van der Waals surface area (Å²) in [7, 11) is 1.43. The van der Waals surface area contributed by atoms with Crippen molar-refractivity contribution in [3.8, 4) is 23.0 Å². The molecule has 0 saturated carbocycles. The highest BCUT2D eigenvalue weighted by atomic mass is 127. The van der Waals surface area contributed by atoms with Crippen LogP contribution in [-0.4, -0.2) is 78.5 Å². The molecule has 208 valence electrons. The van der Waals surface area contributed by atoms with Crippen LogP contribution in [0.2, 0.25) is 0 Å². The second-order valence-corrected chi connectivity index (χ2v) is 10.2. The fourth-order valence-electron chi connectivity index (χ4n) is 4.54. The minimum atomic E-state index is -1.22. The van der Waals surface area contributed by atoms with Crippen LogP contribution in [-0.2, 0) is 16.1 Å². The van der Waals surface area contributed by atoms with Gasteiger partial charge in [0.25, 0.3) is 0 Å². The van der Waals surface area contributed by atoms with Gasteiger partial charge < -0.3 is 39.4 Å². The molecule has 4 rings (SSSR count). The number of carbonyl (C=O) groups is 3. The highest BCUT2D eigenvalue weighted by Crippen LogP contribution is 2.37. The van der Waals surface area contributed by atoms with Crippen LogP contribution in [0.3, 0.4) is 0 Å². The molecule has 0 aromatic heterocycles. The monoisotopic (exact) mass is 652 g/mol. The van der Waals surface area contributed by atoms with E-state index in [2.05, 4.69) is 5.32 Å². The number of rotatable bonds is 10. The predicted molar refractivity (Wildman–Crippen MR) is 147 cm³/mol. The summed E-state index contributed by atoms with van der Waals surface area (Å²) >= 11 is 2.00. The number of methoxy groups -OCH3 is 1. The summed E-state index contributed by atoms with van der Waals surface area (Å²) < 4.78 is 23.0. The molecule has 3 atom stereocenters. The SMILES string of the molecule is COc1cc(C=O)cc(I)c1OC1C=C(C(=O)NCCO)CC(N(Cc2ccc3c(c2)OCO3)C(C)=O)C1O. The zero-order valence-electron chi connectivity index (χ0n) is 21.4. The van der Waals surface area contributed by atoms with Crippen LogP contribution in [0, 0.1) is 3.57 Å². The molecule has 0 saturated heterocycles. The van der Waals surface area contributed by atoms with Crippen LogP contribution in [0.5, 0.6) is 23.0 Å². The molecule has 0 fully saturated rings. The third kappa shape index (κ3) is 6.45. The van der Waals surface area contributed by atoms with Crippen molar-refractivity contribution in [2.75, 3.05) is 27.1 Å². The molecule has 39 heavy (non-hydrogen) atoms. The van der Waals surface area contributed by atoms with Crippen LogP contribution in [0.1, 0.15) is 29.3 Å². The molecule has 0 radical (unpaired) electrons. The highest BCUT2D eigenvalue weighted by Gasteiger charge is 2.40. The summed E-state index contributed by atoms with van der Waals surface area (Å²) in [6.45, 7) is 1.45. The Morgan fingerprint density at radius 3 is 2.69 bits per heavy atom. The summed E-state index contributed by atoms with van der Waals surface area (Å²) in [5.41, 5.74) is 1.43. The van der Waals surface area contributed by atoms with Crippen molar-refractivity contribution in [2.45, 2.75) is 38.1 Å². The molecule has 2 aromatic rings. The Labute approximate surface area is 238 Å². The average molecular weight is 652 g/mol. The molecule has 11 nitrogen and oxygen atoms in total. The van der Waals surface area contributed by atoms with E-state index in [1.54, 1.807) is 24.3 Å². The molecule has 1 heterocycles. The molecule has 2 amide bonds. The van der Waals surface area contributed by atoms with Gasteiger partial charge >= 0.3 is 0 Å². The van der Waals surface area contributed by atoms with Gasteiger partial charge in [-0.1, -0.05) is 6.07 Å². The molecule has 0 spiro atoms. The van der Waals surface area contributed by atoms with E-state index in [0.717, 1.165) is 5.56 Å². The van der Waals surface area contributed by atoms with Crippen molar-refractivity contribution in [1.29, 1.82) is 0 Å². The number of aliphatic hydroxyl groups excluding tert-OH is 2. The number of hydrogen-bond donors (Lipinski definition) is 3. The molecular weight excluding hydrogens is 623 g/mol. The van der Waals surface area contributed by atoms with Crippen LogP contribution in [0.15, 0.2) is 42.0 Å². The molecule has 12 heteroatoms. The zero-order valence-corrected chi connectivity index (χ0v) is 23.5. The van der Waals surface area contributed by atoms with Gasteiger partial charge in [-0.2, -0.15) is 0 Å². The average Bonchev–Trinajstić information content (AvgIpc) is 3.40. The summed E-state index contributed by atoms with van der Waals surface area (Å²) in [5.74, 6) is 0.973. The zero-order chi connectivity index (χ0) is 28.1. The standard InChI is InChI=1S/C27H29IN2O9/c1-15(33)30(12-16-3-4-21-22(8-16)38-14-37-21)20-10-18(27(35)29-5-6-31)11-23(25(20)34)39-26-19(28)7-17(13-32)9-24(26)36-2/h3-4,7-9,11,13,20,23,25,31,34H,5-6,10,12,14H2,1-2H3,(H,29,35). The maximum atomic E-state index is 12.9. The van der Waals surface area contributed by atoms with Crippen molar-refractivity contribution in [3.05, 3.63) is 56.7 Å². The Balaban J connectivity index is 1.68. The quantitative estimate of drug-likeness (QED) is 0.259. The third-order valence-corrected chi connectivity index (χ3v) is 7.25. The van der Waals surface area contributed by atoms with Gasteiger partial charge in [0.2, 0.25) is 18.6 Å². The lowest BCUT2D eigenvalue weighted by atomic mass is 9.88. The van der Waals surface area contributed by atoms with E-state index in [1.165, 1.54) is 31.1 Å². The van der Waals surface area contributed by atoms with Crippen molar-refractivity contribution >= 4 is 40.7 Å². The lowest BCUT2D eigenvalue weighted by Gasteiger charge is -2.40. The van der Waals surface area contributed by atoms with Gasteiger partial charge in [0.15, 0.2) is 23.0 Å². The molecule has 0 bridgehead atoms. The Hall–Kier alpha value is -3.36. The van der Waals surface area contributed by atoms with Gasteiger partial charge in [0.05, 0.1) is 23.3 Å². The Morgan fingerprint density at radius 2 is 2.00 bits per heavy atom. The van der Waals surface area contributed by atoms with E-state index < -0.39 is 24.2 Å². The van der Waals surface area contributed by atoms with Gasteiger partial charge in [-0.3, -0.25) is 14.4 Å². The smallest absolute Gasteiger partial charge is 0.247 e. The molecule has 1 aliphatic heterocycles. The maximum Gasteiger partial charge on any atom is 0.247 e. The lowest BCUT2D eigenvalue weighted by Crippen LogP contribution is -2.54.